The molecule has 0 bridgehead atoms. The summed E-state index contributed by atoms with van der Waals surface area (Å²) in [6.07, 6.45) is 0.834. The van der Waals surface area contributed by atoms with Gasteiger partial charge in [0.05, 0.1) is 16.7 Å². The molecule has 0 amide bonds. The van der Waals surface area contributed by atoms with Crippen molar-refractivity contribution in [2.45, 2.75) is 19.1 Å². The lowest BCUT2D eigenvalue weighted by Gasteiger charge is -2.08. The number of aliphatic hydroxyl groups excluding tert-OH is 2. The van der Waals surface area contributed by atoms with Crippen molar-refractivity contribution in [3.05, 3.63) is 30.1 Å². The van der Waals surface area contributed by atoms with Crippen molar-refractivity contribution in [1.82, 2.24) is 0 Å². The van der Waals surface area contributed by atoms with E-state index in [0.717, 1.165) is 0 Å². The van der Waals surface area contributed by atoms with Gasteiger partial charge in [-0.1, -0.05) is 6.07 Å². The molecule has 1 atom stereocenters. The molecule has 17 heavy (non-hydrogen) atoms. The Morgan fingerprint density at radius 1 is 1.41 bits per heavy atom. The van der Waals surface area contributed by atoms with E-state index in [0.29, 0.717) is 5.69 Å². The molecule has 1 rings (SSSR count). The maximum atomic E-state index is 10.5. The molecule has 0 radical (unpaired) electrons. The van der Waals surface area contributed by atoms with Gasteiger partial charge in [-0.15, -0.1) is 0 Å². The number of hydrogen-bond donors (Lipinski definition) is 2. The van der Waals surface area contributed by atoms with E-state index < -0.39 is 22.0 Å². The number of aliphatic hydroxyl groups is 2. The highest BCUT2D eigenvalue weighted by atomic mass is 32.2. The second-order valence-electron chi connectivity index (χ2n) is 3.69. The van der Waals surface area contributed by atoms with Gasteiger partial charge >= 0.3 is 0 Å². The quantitative estimate of drug-likeness (QED) is 0.475. The molecular formula is C10H15NO5S. The Morgan fingerprint density at radius 2 is 2.12 bits per heavy atom. The van der Waals surface area contributed by atoms with Gasteiger partial charge in [0.2, 0.25) is 0 Å². The third-order valence-corrected chi connectivity index (χ3v) is 2.97. The average Bonchev–Trinajstić information content (AvgIpc) is 2.26. The van der Waals surface area contributed by atoms with Gasteiger partial charge in [0.1, 0.15) is 6.10 Å². The minimum absolute atomic E-state index is 0.0881. The van der Waals surface area contributed by atoms with Crippen LogP contribution in [0.2, 0.25) is 0 Å². The Morgan fingerprint density at radius 3 is 2.71 bits per heavy atom. The number of hydrogen-bond acceptors (Lipinski definition) is 5. The van der Waals surface area contributed by atoms with Crippen molar-refractivity contribution in [1.29, 1.82) is 0 Å². The normalized spacial score (nSPS) is 13.6. The highest BCUT2D eigenvalue weighted by Crippen LogP contribution is 1.97. The van der Waals surface area contributed by atoms with Gasteiger partial charge in [-0.3, -0.25) is 0 Å². The van der Waals surface area contributed by atoms with Crippen LogP contribution in [0.15, 0.2) is 24.4 Å². The van der Waals surface area contributed by atoms with Gasteiger partial charge in [-0.25, -0.2) is 8.42 Å². The van der Waals surface area contributed by atoms with E-state index >= 15 is 0 Å². The molecular weight excluding hydrogens is 246 g/mol. The maximum absolute atomic E-state index is 10.5. The second kappa shape index (κ2) is 6.06. The summed E-state index contributed by atoms with van der Waals surface area (Å²) in [5.41, 5.74) is 0.624. The van der Waals surface area contributed by atoms with Crippen LogP contribution in [-0.4, -0.2) is 41.6 Å². The Bertz CT molecular complexity index is 460. The third kappa shape index (κ3) is 5.22. The lowest BCUT2D eigenvalue weighted by molar-refractivity contribution is -0.710. The average molecular weight is 261 g/mol. The Hall–Kier alpha value is -1.02. The fourth-order valence-corrected chi connectivity index (χ4v) is 1.89. The Kier molecular flexibility index (Phi) is 5.01. The van der Waals surface area contributed by atoms with Crippen LogP contribution in [0, 0.1) is 0 Å². The van der Waals surface area contributed by atoms with E-state index in [2.05, 4.69) is 0 Å². The molecule has 7 heteroatoms. The van der Waals surface area contributed by atoms with Gasteiger partial charge in [0.25, 0.3) is 0 Å². The highest BCUT2D eigenvalue weighted by Gasteiger charge is 2.15. The first-order valence-corrected chi connectivity index (χ1v) is 6.70. The summed E-state index contributed by atoms with van der Waals surface area (Å²) in [6, 6.07) is 5.11. The van der Waals surface area contributed by atoms with Gasteiger partial charge < -0.3 is 14.8 Å². The lowest BCUT2D eigenvalue weighted by Crippen LogP contribution is -2.44. The van der Waals surface area contributed by atoms with Crippen LogP contribution in [0.4, 0.5) is 0 Å². The van der Waals surface area contributed by atoms with Crippen molar-refractivity contribution >= 4 is 10.1 Å². The summed E-state index contributed by atoms with van der Waals surface area (Å²) < 4.78 is 33.2. The maximum Gasteiger partial charge on any atom is 0.182 e. The number of aromatic nitrogens is 1. The minimum Gasteiger partial charge on any atom is -0.748 e. The molecule has 0 aliphatic rings. The van der Waals surface area contributed by atoms with Crippen molar-refractivity contribution < 1.29 is 27.8 Å². The van der Waals surface area contributed by atoms with Gasteiger partial charge in [0, 0.05) is 24.3 Å². The molecule has 0 spiro atoms. The number of rotatable bonds is 6. The Labute approximate surface area is 99.9 Å². The van der Waals surface area contributed by atoms with Crippen LogP contribution in [0.5, 0.6) is 0 Å². The molecule has 6 nitrogen and oxygen atoms in total. The molecule has 1 aromatic heterocycles. The zero-order valence-corrected chi connectivity index (χ0v) is 10.0. The first kappa shape index (κ1) is 14.0. The predicted octanol–water partition coefficient (Wildman–Crippen LogP) is -1.58. The van der Waals surface area contributed by atoms with Crippen LogP contribution < -0.4 is 4.57 Å². The van der Waals surface area contributed by atoms with E-state index in [4.69, 9.17) is 5.11 Å². The molecule has 0 aliphatic carbocycles. The van der Waals surface area contributed by atoms with Crippen LogP contribution in [0.25, 0.3) is 0 Å². The molecule has 1 heterocycles. The van der Waals surface area contributed by atoms with Crippen molar-refractivity contribution in [2.75, 3.05) is 12.4 Å². The van der Waals surface area contributed by atoms with Crippen molar-refractivity contribution in [2.24, 2.45) is 0 Å². The van der Waals surface area contributed by atoms with Gasteiger partial charge in [0.15, 0.2) is 18.4 Å². The van der Waals surface area contributed by atoms with Crippen LogP contribution in [-0.2, 0) is 23.1 Å². The summed E-state index contributed by atoms with van der Waals surface area (Å²) >= 11 is 0. The van der Waals surface area contributed by atoms with E-state index in [1.165, 1.54) is 0 Å². The van der Waals surface area contributed by atoms with Crippen molar-refractivity contribution in [3.8, 4) is 0 Å². The Balaban J connectivity index is 2.77. The largest absolute Gasteiger partial charge is 0.748 e. The van der Waals surface area contributed by atoms with E-state index in [1.807, 2.05) is 0 Å². The standard InChI is InChI=1S/C10H15NO5S/c12-8-10(13)7-11-5-2-1-3-9(11)4-6-17(14,15)16/h1-3,5,10,12-13H,4,6-8H2/t10-/m0/s1. The summed E-state index contributed by atoms with van der Waals surface area (Å²) in [7, 11) is -4.25. The van der Waals surface area contributed by atoms with Gasteiger partial charge in [-0.2, -0.15) is 4.57 Å². The molecule has 0 unspecified atom stereocenters. The summed E-state index contributed by atoms with van der Waals surface area (Å²) in [5, 5.41) is 18.1. The highest BCUT2D eigenvalue weighted by molar-refractivity contribution is 7.85. The van der Waals surface area contributed by atoms with E-state index in [9.17, 15) is 18.1 Å². The monoisotopic (exact) mass is 261 g/mol. The van der Waals surface area contributed by atoms with Crippen LogP contribution in [0.3, 0.4) is 0 Å². The molecule has 0 fully saturated rings. The summed E-state index contributed by atoms with van der Waals surface area (Å²) in [5.74, 6) is -0.480. The SMILES string of the molecule is O=S(=O)([O-])CCc1cccc[n+]1C[C@H](O)CO. The molecule has 2 N–H and O–H groups in total. The summed E-state index contributed by atoms with van der Waals surface area (Å²) in [6.45, 7) is -0.216. The molecule has 96 valence electrons. The molecule has 0 aliphatic heterocycles. The minimum atomic E-state index is -4.25. The summed E-state index contributed by atoms with van der Waals surface area (Å²) in [4.78, 5) is 0. The zero-order chi connectivity index (χ0) is 12.9. The second-order valence-corrected chi connectivity index (χ2v) is 5.22. The molecule has 0 saturated carbocycles. The van der Waals surface area contributed by atoms with Crippen LogP contribution in [0.1, 0.15) is 5.69 Å². The third-order valence-electron chi connectivity index (χ3n) is 2.26. The first-order valence-electron chi connectivity index (χ1n) is 5.12. The van der Waals surface area contributed by atoms with Crippen molar-refractivity contribution in [3.63, 3.8) is 0 Å². The predicted molar refractivity (Wildman–Crippen MR) is 58.0 cm³/mol. The topological polar surface area (TPSA) is 102 Å². The first-order chi connectivity index (χ1) is 7.92. The van der Waals surface area contributed by atoms with Crippen LogP contribution >= 0.6 is 0 Å². The van der Waals surface area contributed by atoms with E-state index in [-0.39, 0.29) is 19.6 Å². The van der Waals surface area contributed by atoms with E-state index in [1.54, 1.807) is 29.0 Å². The number of aryl methyl sites for hydroxylation is 1. The lowest BCUT2D eigenvalue weighted by atomic mass is 10.2. The molecule has 0 saturated heterocycles. The zero-order valence-electron chi connectivity index (χ0n) is 9.19. The fraction of sp³-hybridized carbons (Fsp3) is 0.500. The fourth-order valence-electron chi connectivity index (χ4n) is 1.43. The smallest absolute Gasteiger partial charge is 0.182 e. The van der Waals surface area contributed by atoms with Gasteiger partial charge in [-0.05, 0) is 0 Å². The molecule has 0 aromatic carbocycles. The number of pyridine rings is 1. The molecule has 1 aromatic rings. The number of nitrogens with zero attached hydrogens (tertiary/aromatic N) is 1.